The van der Waals surface area contributed by atoms with Crippen LogP contribution in [0.1, 0.15) is 126 Å². The summed E-state index contributed by atoms with van der Waals surface area (Å²) in [6.07, 6.45) is 0. The zero-order valence-corrected chi connectivity index (χ0v) is 75.0. The van der Waals surface area contributed by atoms with Crippen LogP contribution >= 0.6 is 0 Å². The Balaban J connectivity index is 0.756. The molecule has 4 unspecified atom stereocenters. The fourth-order valence-corrected chi connectivity index (χ4v) is 23.2. The van der Waals surface area contributed by atoms with Gasteiger partial charge in [0.25, 0.3) is 0 Å². The highest BCUT2D eigenvalue weighted by atomic mass is 16.5. The summed E-state index contributed by atoms with van der Waals surface area (Å²) in [5.74, 6) is 3.63. The first-order chi connectivity index (χ1) is 62.1. The molecule has 0 spiro atoms. The Kier molecular flexibility index (Phi) is 17.8. The second-order valence-electron chi connectivity index (χ2n) is 38.0. The Morgan fingerprint density at radius 3 is 0.594 bits per heavy atom. The van der Waals surface area contributed by atoms with Crippen molar-refractivity contribution in [2.24, 2.45) is 11.8 Å². The first-order valence-corrected chi connectivity index (χ1v) is 45.0. The molecule has 2 heterocycles. The standard InChI is InChI=1S/C118H102N6O4/c1-71-72(2)114(124-111-61-45-83(121(75-35-51-87(127-13)52-36-75)79-41-57-107-95(65-79)91-25-17-21-29-103(91)117(107,7)8)69-99(111)100-70-84(46-62-112(100)124)122(76-37-53-88(128-14)54-38-76)80-42-58-108-96(66-80)92-26-18-22-30-104(92)118(108,9)10)113(71)123-109-59-43-81(119(73-31-47-85(125-11)48-32-73)77-39-55-105-93(63-77)89-23-15-19-27-101(89)115(105,3)4)67-97(109)98-68-82(44-60-110(98)123)120(74-33-49-86(126-12)50-34-74)78-40-56-106-94(64-78)90-24-16-20-28-102(90)116(106,5)6/h15-72,113-114H,1-14H3. The number of benzene rings is 16. The topological polar surface area (TPSA) is 59.7 Å². The third-order valence-corrected chi connectivity index (χ3v) is 30.0. The number of methoxy groups -OCH3 is 4. The summed E-state index contributed by atoms with van der Waals surface area (Å²) >= 11 is 0. The second-order valence-corrected chi connectivity index (χ2v) is 38.0. The molecule has 0 amide bonds. The molecule has 10 nitrogen and oxygen atoms in total. The van der Waals surface area contributed by atoms with E-state index in [-0.39, 0.29) is 45.6 Å². The predicted octanol–water partition coefficient (Wildman–Crippen LogP) is 31.1. The van der Waals surface area contributed by atoms with Crippen molar-refractivity contribution >= 4 is 112 Å². The lowest BCUT2D eigenvalue weighted by molar-refractivity contribution is 0.0338. The third-order valence-electron chi connectivity index (χ3n) is 30.0. The summed E-state index contributed by atoms with van der Waals surface area (Å²) < 4.78 is 29.1. The summed E-state index contributed by atoms with van der Waals surface area (Å²) in [7, 11) is 6.98. The van der Waals surface area contributed by atoms with Gasteiger partial charge in [0.05, 0.1) is 40.5 Å². The van der Waals surface area contributed by atoms with Gasteiger partial charge >= 0.3 is 0 Å². The van der Waals surface area contributed by atoms with Crippen LogP contribution < -0.4 is 38.5 Å². The molecule has 0 aliphatic heterocycles. The largest absolute Gasteiger partial charge is 0.497 e. The Labute approximate surface area is 749 Å². The number of hydrogen-bond donors (Lipinski definition) is 0. The summed E-state index contributed by atoms with van der Waals surface area (Å²) in [6, 6.07) is 128. The van der Waals surface area contributed by atoms with Gasteiger partial charge in [-0.1, -0.05) is 191 Å². The van der Waals surface area contributed by atoms with E-state index in [9.17, 15) is 0 Å². The molecule has 628 valence electrons. The highest BCUT2D eigenvalue weighted by Gasteiger charge is 2.50. The fourth-order valence-electron chi connectivity index (χ4n) is 23.2. The Morgan fingerprint density at radius 1 is 0.203 bits per heavy atom. The average Bonchev–Trinajstić information content (AvgIpc) is 1.53. The van der Waals surface area contributed by atoms with Crippen LogP contribution in [-0.4, -0.2) is 37.6 Å². The number of hydrogen-bond acceptors (Lipinski definition) is 8. The fraction of sp³-hybridized carbons (Fsp3) is 0.186. The minimum absolute atomic E-state index is 0.0424. The van der Waals surface area contributed by atoms with Crippen molar-refractivity contribution in [1.82, 2.24) is 9.13 Å². The zero-order valence-electron chi connectivity index (χ0n) is 75.0. The summed E-state index contributed by atoms with van der Waals surface area (Å²) in [4.78, 5) is 9.80. The highest BCUT2D eigenvalue weighted by Crippen LogP contribution is 2.61. The van der Waals surface area contributed by atoms with Gasteiger partial charge in [-0.05, 0) is 319 Å². The number of aromatic nitrogens is 2. The van der Waals surface area contributed by atoms with E-state index in [1.54, 1.807) is 28.4 Å². The van der Waals surface area contributed by atoms with E-state index in [0.717, 1.165) is 135 Å². The van der Waals surface area contributed by atoms with Crippen molar-refractivity contribution in [3.63, 3.8) is 0 Å². The molecule has 2 aromatic heterocycles. The van der Waals surface area contributed by atoms with E-state index >= 15 is 0 Å². The van der Waals surface area contributed by atoms with Crippen molar-refractivity contribution < 1.29 is 18.9 Å². The molecule has 0 radical (unpaired) electrons. The van der Waals surface area contributed by atoms with Gasteiger partial charge in [0.15, 0.2) is 0 Å². The monoisotopic (exact) mass is 1670 g/mol. The van der Waals surface area contributed by atoms with Crippen molar-refractivity contribution in [3.8, 4) is 67.5 Å². The predicted molar refractivity (Wildman–Crippen MR) is 530 cm³/mol. The van der Waals surface area contributed by atoms with Gasteiger partial charge in [-0.2, -0.15) is 0 Å². The summed E-state index contributed by atoms with van der Waals surface area (Å²) in [5, 5.41) is 4.62. The maximum absolute atomic E-state index is 5.90. The first-order valence-electron chi connectivity index (χ1n) is 45.0. The molecule has 5 aliphatic rings. The molecule has 18 aromatic rings. The number of fused-ring (bicyclic) bond motifs is 18. The molecule has 16 aromatic carbocycles. The number of nitrogens with zero attached hydrogens (tertiary/aromatic N) is 6. The SMILES string of the molecule is COc1ccc(N(c2ccc3c(c2)-c2ccccc2C3(C)C)c2ccc3c(c2)c2cc(N(c4ccc(OC)cc4)c4ccc5c(c4)-c4ccccc4C5(C)C)ccc2n3C2C(C)C(C)C2n2c3ccc(N(c4ccc(OC)cc4)c4ccc5c(c4)-c4ccccc4C5(C)C)cc3c3cc(N(c4ccc(OC)cc4)c4ccc5c(c4)-c4ccccc4C5(C)C)ccc32)cc1. The van der Waals surface area contributed by atoms with Crippen LogP contribution in [0.15, 0.2) is 340 Å². The molecule has 0 saturated heterocycles. The maximum atomic E-state index is 5.90. The van der Waals surface area contributed by atoms with Crippen LogP contribution in [0.3, 0.4) is 0 Å². The molecule has 23 rings (SSSR count). The quantitative estimate of drug-likeness (QED) is 0.0842. The molecule has 128 heavy (non-hydrogen) atoms. The molecule has 1 saturated carbocycles. The molecule has 1 fully saturated rings. The van der Waals surface area contributed by atoms with E-state index in [4.69, 9.17) is 18.9 Å². The van der Waals surface area contributed by atoms with Gasteiger partial charge in [0, 0.05) is 134 Å². The lowest BCUT2D eigenvalue weighted by Crippen LogP contribution is -2.46. The van der Waals surface area contributed by atoms with E-state index in [1.807, 2.05) is 0 Å². The van der Waals surface area contributed by atoms with Crippen molar-refractivity contribution in [1.29, 1.82) is 0 Å². The van der Waals surface area contributed by atoms with Gasteiger partial charge < -0.3 is 47.7 Å². The molecule has 10 heteroatoms. The average molecular weight is 1670 g/mol. The molecular weight excluding hydrogens is 1570 g/mol. The summed E-state index contributed by atoms with van der Waals surface area (Å²) in [5.41, 5.74) is 37.3. The van der Waals surface area contributed by atoms with Gasteiger partial charge in [-0.3, -0.25) is 0 Å². The third kappa shape index (κ3) is 11.7. The lowest BCUT2D eigenvalue weighted by Gasteiger charge is -2.51. The van der Waals surface area contributed by atoms with Gasteiger partial charge in [-0.25, -0.2) is 0 Å². The van der Waals surface area contributed by atoms with E-state index < -0.39 is 0 Å². The van der Waals surface area contributed by atoms with Crippen LogP contribution in [-0.2, 0) is 21.7 Å². The van der Waals surface area contributed by atoms with Crippen LogP contribution in [0.25, 0.3) is 88.1 Å². The highest BCUT2D eigenvalue weighted by molar-refractivity contribution is 6.14. The maximum Gasteiger partial charge on any atom is 0.119 e. The minimum Gasteiger partial charge on any atom is -0.497 e. The van der Waals surface area contributed by atoms with Crippen molar-refractivity contribution in [3.05, 3.63) is 384 Å². The molecule has 0 N–H and O–H groups in total. The minimum atomic E-state index is -0.171. The Morgan fingerprint density at radius 2 is 0.383 bits per heavy atom. The number of rotatable bonds is 18. The van der Waals surface area contributed by atoms with Gasteiger partial charge in [0.1, 0.15) is 23.0 Å². The first kappa shape index (κ1) is 78.3. The van der Waals surface area contributed by atoms with Crippen LogP contribution in [0.4, 0.5) is 68.2 Å². The Bertz CT molecular complexity index is 6700. The molecular formula is C118H102N6O4. The smallest absolute Gasteiger partial charge is 0.119 e. The number of anilines is 12. The normalized spacial score (nSPS) is 16.9. The van der Waals surface area contributed by atoms with Crippen LogP contribution in [0.5, 0.6) is 23.0 Å². The summed E-state index contributed by atoms with van der Waals surface area (Å²) in [6.45, 7) is 23.9. The van der Waals surface area contributed by atoms with Gasteiger partial charge in [-0.15, -0.1) is 0 Å². The van der Waals surface area contributed by atoms with Gasteiger partial charge in [0.2, 0.25) is 0 Å². The zero-order chi connectivity index (χ0) is 87.3. The van der Waals surface area contributed by atoms with E-state index in [1.165, 1.54) is 89.0 Å². The second kappa shape index (κ2) is 29.0. The lowest BCUT2D eigenvalue weighted by atomic mass is 9.66. The molecule has 4 atom stereocenters. The van der Waals surface area contributed by atoms with Crippen LogP contribution in [0, 0.1) is 11.8 Å². The molecule has 5 aliphatic carbocycles. The number of ether oxygens (including phenoxy) is 4. The van der Waals surface area contributed by atoms with Crippen molar-refractivity contribution in [2.45, 2.75) is 103 Å². The van der Waals surface area contributed by atoms with E-state index in [0.29, 0.717) is 0 Å². The molecule has 0 bridgehead atoms. The van der Waals surface area contributed by atoms with Crippen LogP contribution in [0.2, 0.25) is 0 Å². The van der Waals surface area contributed by atoms with Crippen molar-refractivity contribution in [2.75, 3.05) is 48.0 Å². The van der Waals surface area contributed by atoms with E-state index in [2.05, 4.69) is 438 Å². The Hall–Kier alpha value is -14.5.